The number of ether oxygens (including phenoxy) is 1. The summed E-state index contributed by atoms with van der Waals surface area (Å²) in [4.78, 5) is 0. The summed E-state index contributed by atoms with van der Waals surface area (Å²) >= 11 is 6.20. The molecule has 20 heavy (non-hydrogen) atoms. The summed E-state index contributed by atoms with van der Waals surface area (Å²) < 4.78 is 5.54. The Hall–Kier alpha value is -0.730. The highest BCUT2D eigenvalue weighted by Crippen LogP contribution is 2.40. The average Bonchev–Trinajstić information content (AvgIpc) is 2.46. The molecule has 1 aliphatic rings. The van der Waals surface area contributed by atoms with E-state index < -0.39 is 0 Å². The highest BCUT2D eigenvalue weighted by molar-refractivity contribution is 6.30. The molecule has 0 amide bonds. The van der Waals surface area contributed by atoms with Gasteiger partial charge in [-0.3, -0.25) is 0 Å². The molecule has 0 aromatic heterocycles. The normalized spacial score (nSPS) is 24.4. The standard InChI is InChI=1S/C17H26ClNO/c1-4-19-17(13-7-5-12(2)6-8-13)15-11-14(18)9-10-16(15)20-3/h9-13,17,19H,4-8H2,1-3H3. The molecule has 0 radical (unpaired) electrons. The molecule has 1 aliphatic carbocycles. The van der Waals surface area contributed by atoms with Crippen molar-refractivity contribution in [2.75, 3.05) is 13.7 Å². The first-order valence-electron chi connectivity index (χ1n) is 7.72. The predicted octanol–water partition coefficient (Wildman–Crippen LogP) is 4.83. The second-order valence-electron chi connectivity index (χ2n) is 5.94. The van der Waals surface area contributed by atoms with Gasteiger partial charge in [0.05, 0.1) is 7.11 Å². The van der Waals surface area contributed by atoms with Gasteiger partial charge in [-0.15, -0.1) is 0 Å². The van der Waals surface area contributed by atoms with E-state index >= 15 is 0 Å². The van der Waals surface area contributed by atoms with Crippen molar-refractivity contribution in [2.24, 2.45) is 11.8 Å². The van der Waals surface area contributed by atoms with E-state index in [2.05, 4.69) is 25.2 Å². The highest BCUT2D eigenvalue weighted by atomic mass is 35.5. The summed E-state index contributed by atoms with van der Waals surface area (Å²) in [7, 11) is 1.73. The topological polar surface area (TPSA) is 21.3 Å². The van der Waals surface area contributed by atoms with E-state index in [0.717, 1.165) is 23.2 Å². The number of rotatable bonds is 5. The van der Waals surface area contributed by atoms with Gasteiger partial charge in [0.25, 0.3) is 0 Å². The van der Waals surface area contributed by atoms with Crippen LogP contribution in [0.2, 0.25) is 5.02 Å². The first-order chi connectivity index (χ1) is 9.65. The average molecular weight is 296 g/mol. The van der Waals surface area contributed by atoms with E-state index in [1.807, 2.05) is 12.1 Å². The molecule has 0 heterocycles. The molecule has 1 saturated carbocycles. The number of methoxy groups -OCH3 is 1. The smallest absolute Gasteiger partial charge is 0.123 e. The quantitative estimate of drug-likeness (QED) is 0.840. The van der Waals surface area contributed by atoms with Gasteiger partial charge in [-0.1, -0.05) is 38.3 Å². The summed E-state index contributed by atoms with van der Waals surface area (Å²) in [6.45, 7) is 5.49. The molecule has 1 aromatic rings. The molecule has 1 fully saturated rings. The Balaban J connectivity index is 2.25. The van der Waals surface area contributed by atoms with E-state index in [0.29, 0.717) is 12.0 Å². The van der Waals surface area contributed by atoms with Crippen LogP contribution in [0.5, 0.6) is 5.75 Å². The minimum atomic E-state index is 0.348. The van der Waals surface area contributed by atoms with Gasteiger partial charge < -0.3 is 10.1 Å². The summed E-state index contributed by atoms with van der Waals surface area (Å²) in [6, 6.07) is 6.29. The van der Waals surface area contributed by atoms with Crippen LogP contribution in [-0.2, 0) is 0 Å². The molecular formula is C17H26ClNO. The lowest BCUT2D eigenvalue weighted by Gasteiger charge is -2.34. The molecule has 1 unspecified atom stereocenters. The molecule has 112 valence electrons. The van der Waals surface area contributed by atoms with Crippen molar-refractivity contribution in [3.63, 3.8) is 0 Å². The summed E-state index contributed by atoms with van der Waals surface area (Å²) in [5, 5.41) is 4.43. The monoisotopic (exact) mass is 295 g/mol. The van der Waals surface area contributed by atoms with Gasteiger partial charge in [-0.25, -0.2) is 0 Å². The molecule has 0 saturated heterocycles. The van der Waals surface area contributed by atoms with E-state index in [4.69, 9.17) is 16.3 Å². The van der Waals surface area contributed by atoms with Crippen LogP contribution in [0.15, 0.2) is 18.2 Å². The number of hydrogen-bond donors (Lipinski definition) is 1. The fourth-order valence-corrected chi connectivity index (χ4v) is 3.50. The largest absolute Gasteiger partial charge is 0.496 e. The zero-order valence-corrected chi connectivity index (χ0v) is 13.5. The van der Waals surface area contributed by atoms with Crippen molar-refractivity contribution in [2.45, 2.75) is 45.6 Å². The molecule has 0 spiro atoms. The van der Waals surface area contributed by atoms with Gasteiger partial charge in [0, 0.05) is 16.6 Å². The maximum absolute atomic E-state index is 6.20. The van der Waals surface area contributed by atoms with Crippen LogP contribution in [-0.4, -0.2) is 13.7 Å². The third-order valence-corrected chi connectivity index (χ3v) is 4.72. The number of nitrogens with one attached hydrogen (secondary N) is 1. The zero-order valence-electron chi connectivity index (χ0n) is 12.8. The molecule has 3 heteroatoms. The summed E-state index contributed by atoms with van der Waals surface area (Å²) in [6.07, 6.45) is 5.23. The van der Waals surface area contributed by atoms with Gasteiger partial charge in [0.15, 0.2) is 0 Å². The molecular weight excluding hydrogens is 270 g/mol. The molecule has 1 atom stereocenters. The Bertz CT molecular complexity index is 427. The Morgan fingerprint density at radius 1 is 1.30 bits per heavy atom. The minimum Gasteiger partial charge on any atom is -0.496 e. The fourth-order valence-electron chi connectivity index (χ4n) is 3.32. The molecule has 2 nitrogen and oxygen atoms in total. The van der Waals surface area contributed by atoms with Crippen LogP contribution >= 0.6 is 11.6 Å². The fraction of sp³-hybridized carbons (Fsp3) is 0.647. The van der Waals surface area contributed by atoms with Crippen molar-refractivity contribution in [1.29, 1.82) is 0 Å². The third kappa shape index (κ3) is 3.67. The van der Waals surface area contributed by atoms with Crippen molar-refractivity contribution in [1.82, 2.24) is 5.32 Å². The Morgan fingerprint density at radius 2 is 2.00 bits per heavy atom. The molecule has 0 aliphatic heterocycles. The van der Waals surface area contributed by atoms with Crippen LogP contribution in [0.25, 0.3) is 0 Å². The second-order valence-corrected chi connectivity index (χ2v) is 6.38. The van der Waals surface area contributed by atoms with E-state index in [-0.39, 0.29) is 0 Å². The minimum absolute atomic E-state index is 0.348. The van der Waals surface area contributed by atoms with Gasteiger partial charge in [0.2, 0.25) is 0 Å². The van der Waals surface area contributed by atoms with Gasteiger partial charge in [-0.2, -0.15) is 0 Å². The number of halogens is 1. The Kier molecular flexibility index (Phi) is 5.74. The van der Waals surface area contributed by atoms with Gasteiger partial charge in [-0.05, 0) is 49.4 Å². The first kappa shape index (κ1) is 15.7. The van der Waals surface area contributed by atoms with Crippen molar-refractivity contribution in [3.05, 3.63) is 28.8 Å². The van der Waals surface area contributed by atoms with Crippen LogP contribution in [0.3, 0.4) is 0 Å². The Morgan fingerprint density at radius 3 is 2.60 bits per heavy atom. The SMILES string of the molecule is CCNC(c1cc(Cl)ccc1OC)C1CCC(C)CC1. The number of benzene rings is 1. The van der Waals surface area contributed by atoms with E-state index in [1.54, 1.807) is 7.11 Å². The third-order valence-electron chi connectivity index (χ3n) is 4.48. The molecule has 1 aromatic carbocycles. The summed E-state index contributed by atoms with van der Waals surface area (Å²) in [5.41, 5.74) is 1.21. The van der Waals surface area contributed by atoms with Gasteiger partial charge in [0.1, 0.15) is 5.75 Å². The van der Waals surface area contributed by atoms with Crippen LogP contribution < -0.4 is 10.1 Å². The molecule has 2 rings (SSSR count). The zero-order chi connectivity index (χ0) is 14.5. The lowest BCUT2D eigenvalue weighted by Crippen LogP contribution is -2.31. The van der Waals surface area contributed by atoms with Crippen LogP contribution in [0.1, 0.15) is 51.1 Å². The lowest BCUT2D eigenvalue weighted by molar-refractivity contribution is 0.230. The van der Waals surface area contributed by atoms with Crippen LogP contribution in [0, 0.1) is 11.8 Å². The maximum atomic E-state index is 6.20. The van der Waals surface area contributed by atoms with E-state index in [1.165, 1.54) is 31.2 Å². The first-order valence-corrected chi connectivity index (χ1v) is 8.10. The molecule has 1 N–H and O–H groups in total. The van der Waals surface area contributed by atoms with Crippen molar-refractivity contribution in [3.8, 4) is 5.75 Å². The summed E-state index contributed by atoms with van der Waals surface area (Å²) in [5.74, 6) is 2.49. The van der Waals surface area contributed by atoms with Crippen LogP contribution in [0.4, 0.5) is 0 Å². The van der Waals surface area contributed by atoms with Gasteiger partial charge >= 0.3 is 0 Å². The van der Waals surface area contributed by atoms with E-state index in [9.17, 15) is 0 Å². The lowest BCUT2D eigenvalue weighted by atomic mass is 9.77. The molecule has 0 bridgehead atoms. The Labute approximate surface area is 127 Å². The highest BCUT2D eigenvalue weighted by Gasteiger charge is 2.28. The van der Waals surface area contributed by atoms with Crippen molar-refractivity contribution >= 4 is 11.6 Å². The predicted molar refractivity (Wildman–Crippen MR) is 85.5 cm³/mol. The number of hydrogen-bond acceptors (Lipinski definition) is 2. The van der Waals surface area contributed by atoms with Crippen molar-refractivity contribution < 1.29 is 4.74 Å². The second kappa shape index (κ2) is 7.33. The maximum Gasteiger partial charge on any atom is 0.123 e.